The molecule has 0 bridgehead atoms. The topological polar surface area (TPSA) is 0 Å². The Morgan fingerprint density at radius 1 is 0.483 bits per heavy atom. The molecule has 5 aromatic carbocycles. The van der Waals surface area contributed by atoms with Gasteiger partial charge in [0, 0.05) is 0 Å². The van der Waals surface area contributed by atoms with E-state index in [0.717, 1.165) is 0 Å². The lowest BCUT2D eigenvalue weighted by molar-refractivity contribution is 0.867. The van der Waals surface area contributed by atoms with Gasteiger partial charge in [-0.05, 0) is 55.3 Å². The lowest BCUT2D eigenvalue weighted by atomic mass is 9.87. The van der Waals surface area contributed by atoms with E-state index < -0.39 is 0 Å². The maximum atomic E-state index is 2.28. The Morgan fingerprint density at radius 3 is 1.83 bits per heavy atom. The van der Waals surface area contributed by atoms with Crippen LogP contribution >= 0.6 is 0 Å². The molecule has 0 saturated carbocycles. The second-order valence-corrected chi connectivity index (χ2v) is 8.01. The zero-order valence-corrected chi connectivity index (χ0v) is 16.9. The van der Waals surface area contributed by atoms with Crippen LogP contribution in [0.4, 0.5) is 0 Å². The summed E-state index contributed by atoms with van der Waals surface area (Å²) in [5.74, 6) is 0.540. The molecule has 5 rings (SSSR count). The summed E-state index contributed by atoms with van der Waals surface area (Å²) >= 11 is 0. The van der Waals surface area contributed by atoms with Gasteiger partial charge in [0.2, 0.25) is 0 Å². The maximum absolute atomic E-state index is 2.28. The molecule has 0 N–H and O–H groups in total. The maximum Gasteiger partial charge on any atom is -0.00206 e. The third-order valence-electron chi connectivity index (χ3n) is 5.88. The zero-order valence-electron chi connectivity index (χ0n) is 16.9. The average Bonchev–Trinajstić information content (AvgIpc) is 2.78. The van der Waals surface area contributed by atoms with E-state index in [1.807, 2.05) is 0 Å². The van der Waals surface area contributed by atoms with Gasteiger partial charge < -0.3 is 0 Å². The van der Waals surface area contributed by atoms with Crippen LogP contribution in [0.3, 0.4) is 0 Å². The predicted octanol–water partition coefficient (Wildman–Crippen LogP) is 8.45. The van der Waals surface area contributed by atoms with Gasteiger partial charge in [-0.2, -0.15) is 0 Å². The largest absolute Gasteiger partial charge is 0.0616 e. The van der Waals surface area contributed by atoms with Gasteiger partial charge in [0.1, 0.15) is 0 Å². The molecule has 5 aromatic rings. The molecule has 0 radical (unpaired) electrons. The van der Waals surface area contributed by atoms with E-state index in [9.17, 15) is 0 Å². The Bertz CT molecular complexity index is 1300. The van der Waals surface area contributed by atoms with Gasteiger partial charge in [0.25, 0.3) is 0 Å². The third-order valence-corrected chi connectivity index (χ3v) is 5.88. The van der Waals surface area contributed by atoms with Gasteiger partial charge >= 0.3 is 0 Å². The Morgan fingerprint density at radius 2 is 1.10 bits per heavy atom. The number of benzene rings is 5. The molecule has 0 heteroatoms. The minimum Gasteiger partial charge on any atom is -0.0616 e. The van der Waals surface area contributed by atoms with Gasteiger partial charge in [-0.1, -0.05) is 117 Å². The van der Waals surface area contributed by atoms with Crippen LogP contribution in [0.25, 0.3) is 43.8 Å². The van der Waals surface area contributed by atoms with E-state index in [1.54, 1.807) is 0 Å². The van der Waals surface area contributed by atoms with Crippen molar-refractivity contribution in [2.24, 2.45) is 0 Å². The standard InChI is InChI=1S/C29H24/c1-20(2)21-14-16-24(17-15-21)27-19-18-23-9-4-6-12-26(23)29(27)28-13-7-10-22-8-3-5-11-25(22)28/h3-20H,1-2H3. The monoisotopic (exact) mass is 372 g/mol. The van der Waals surface area contributed by atoms with Crippen molar-refractivity contribution >= 4 is 21.5 Å². The lowest BCUT2D eigenvalue weighted by Gasteiger charge is -2.17. The Hall–Kier alpha value is -3.38. The fourth-order valence-corrected chi connectivity index (χ4v) is 4.29. The molecule has 0 saturated heterocycles. The van der Waals surface area contributed by atoms with Crippen LogP contribution in [0.1, 0.15) is 25.3 Å². The molecule has 0 spiro atoms. The van der Waals surface area contributed by atoms with Crippen molar-refractivity contribution in [2.75, 3.05) is 0 Å². The number of hydrogen-bond donors (Lipinski definition) is 0. The van der Waals surface area contributed by atoms with Crippen molar-refractivity contribution in [3.63, 3.8) is 0 Å². The van der Waals surface area contributed by atoms with E-state index >= 15 is 0 Å². The van der Waals surface area contributed by atoms with E-state index in [2.05, 4.69) is 117 Å². The quantitative estimate of drug-likeness (QED) is 0.298. The Balaban J connectivity index is 1.84. The van der Waals surface area contributed by atoms with E-state index in [-0.39, 0.29) is 0 Å². The summed E-state index contributed by atoms with van der Waals surface area (Å²) in [6.45, 7) is 4.49. The molecule has 140 valence electrons. The fourth-order valence-electron chi connectivity index (χ4n) is 4.29. The van der Waals surface area contributed by atoms with Gasteiger partial charge in [0.05, 0.1) is 0 Å². The molecule has 0 nitrogen and oxygen atoms in total. The summed E-state index contributed by atoms with van der Waals surface area (Å²) in [5, 5.41) is 5.15. The molecule has 0 aliphatic carbocycles. The van der Waals surface area contributed by atoms with Gasteiger partial charge in [-0.15, -0.1) is 0 Å². The average molecular weight is 373 g/mol. The highest BCUT2D eigenvalue weighted by molar-refractivity contribution is 6.10. The first-order valence-corrected chi connectivity index (χ1v) is 10.3. The predicted molar refractivity (Wildman–Crippen MR) is 126 cm³/mol. The number of hydrogen-bond acceptors (Lipinski definition) is 0. The molecule has 29 heavy (non-hydrogen) atoms. The van der Waals surface area contributed by atoms with Crippen molar-refractivity contribution < 1.29 is 0 Å². The summed E-state index contributed by atoms with van der Waals surface area (Å²) in [6, 6.07) is 37.6. The second-order valence-electron chi connectivity index (χ2n) is 8.01. The highest BCUT2D eigenvalue weighted by Gasteiger charge is 2.14. The normalized spacial score (nSPS) is 11.4. The minimum absolute atomic E-state index is 0.540. The van der Waals surface area contributed by atoms with Crippen LogP contribution < -0.4 is 0 Å². The minimum atomic E-state index is 0.540. The first-order valence-electron chi connectivity index (χ1n) is 10.3. The van der Waals surface area contributed by atoms with E-state index in [4.69, 9.17) is 0 Å². The van der Waals surface area contributed by atoms with Gasteiger partial charge in [0.15, 0.2) is 0 Å². The SMILES string of the molecule is CC(C)c1ccc(-c2ccc3ccccc3c2-c2cccc3ccccc23)cc1. The van der Waals surface area contributed by atoms with Crippen molar-refractivity contribution in [2.45, 2.75) is 19.8 Å². The van der Waals surface area contributed by atoms with E-state index in [0.29, 0.717) is 5.92 Å². The summed E-state index contributed by atoms with van der Waals surface area (Å²) in [5.41, 5.74) is 6.54. The van der Waals surface area contributed by atoms with Crippen LogP contribution in [0.2, 0.25) is 0 Å². The number of fused-ring (bicyclic) bond motifs is 2. The third kappa shape index (κ3) is 3.11. The smallest absolute Gasteiger partial charge is 0.00206 e. The Labute approximate surface area is 172 Å². The molecule has 0 fully saturated rings. The molecule has 0 atom stereocenters. The van der Waals surface area contributed by atoms with Crippen LogP contribution in [0.5, 0.6) is 0 Å². The molecule has 0 amide bonds. The van der Waals surface area contributed by atoms with Crippen LogP contribution in [0.15, 0.2) is 103 Å². The van der Waals surface area contributed by atoms with Crippen LogP contribution in [0, 0.1) is 0 Å². The molecule has 0 unspecified atom stereocenters. The van der Waals surface area contributed by atoms with E-state index in [1.165, 1.54) is 49.4 Å². The summed E-state index contributed by atoms with van der Waals surface area (Å²) in [6.07, 6.45) is 0. The molecule has 0 aromatic heterocycles. The Kier molecular flexibility index (Phi) is 4.41. The molecular formula is C29H24. The van der Waals surface area contributed by atoms with Crippen LogP contribution in [-0.2, 0) is 0 Å². The summed E-state index contributed by atoms with van der Waals surface area (Å²) < 4.78 is 0. The molecule has 0 heterocycles. The highest BCUT2D eigenvalue weighted by atomic mass is 14.2. The molecular weight excluding hydrogens is 348 g/mol. The van der Waals surface area contributed by atoms with Crippen LogP contribution in [-0.4, -0.2) is 0 Å². The second kappa shape index (κ2) is 7.22. The van der Waals surface area contributed by atoms with Crippen molar-refractivity contribution in [3.8, 4) is 22.3 Å². The summed E-state index contributed by atoms with van der Waals surface area (Å²) in [4.78, 5) is 0. The molecule has 0 aliphatic heterocycles. The highest BCUT2D eigenvalue weighted by Crippen LogP contribution is 2.41. The number of rotatable bonds is 3. The summed E-state index contributed by atoms with van der Waals surface area (Å²) in [7, 11) is 0. The zero-order chi connectivity index (χ0) is 19.8. The molecule has 0 aliphatic rings. The van der Waals surface area contributed by atoms with Crippen molar-refractivity contribution in [3.05, 3.63) is 109 Å². The fraction of sp³-hybridized carbons (Fsp3) is 0.103. The lowest BCUT2D eigenvalue weighted by Crippen LogP contribution is -1.91. The first-order chi connectivity index (χ1) is 14.2. The van der Waals surface area contributed by atoms with Gasteiger partial charge in [-0.3, -0.25) is 0 Å². The van der Waals surface area contributed by atoms with Crippen molar-refractivity contribution in [1.82, 2.24) is 0 Å². The first kappa shape index (κ1) is 17.7. The van der Waals surface area contributed by atoms with Crippen molar-refractivity contribution in [1.29, 1.82) is 0 Å². The van der Waals surface area contributed by atoms with Gasteiger partial charge in [-0.25, -0.2) is 0 Å².